The summed E-state index contributed by atoms with van der Waals surface area (Å²) in [4.78, 5) is 11.2. The van der Waals surface area contributed by atoms with Crippen molar-refractivity contribution in [2.75, 3.05) is 33.4 Å². The maximum Gasteiger partial charge on any atom is 0.243 e. The molecule has 7 heteroatoms. The third kappa shape index (κ3) is 3.48. The molecule has 0 saturated heterocycles. The summed E-state index contributed by atoms with van der Waals surface area (Å²) in [6.07, 6.45) is 0.638. The number of ketones is 1. The Kier molecular flexibility index (Phi) is 5.20. The number of aryl methyl sites for hydroxylation is 1. The molecule has 1 aliphatic heterocycles. The van der Waals surface area contributed by atoms with E-state index in [0.29, 0.717) is 29.2 Å². The van der Waals surface area contributed by atoms with Gasteiger partial charge in [-0.1, -0.05) is 0 Å². The minimum Gasteiger partial charge on any atom is -0.497 e. The fourth-order valence-electron chi connectivity index (χ4n) is 2.59. The predicted molar refractivity (Wildman–Crippen MR) is 81.7 cm³/mol. The first kappa shape index (κ1) is 16.9. The van der Waals surface area contributed by atoms with Crippen molar-refractivity contribution in [2.24, 2.45) is 0 Å². The highest BCUT2D eigenvalue weighted by atomic mass is 32.2. The second kappa shape index (κ2) is 6.76. The lowest BCUT2D eigenvalue weighted by Gasteiger charge is -2.29. The molecule has 0 unspecified atom stereocenters. The first-order valence-corrected chi connectivity index (χ1v) is 8.55. The molecule has 0 aliphatic carbocycles. The van der Waals surface area contributed by atoms with E-state index in [2.05, 4.69) is 0 Å². The molecule has 1 aliphatic rings. The summed E-state index contributed by atoms with van der Waals surface area (Å²) in [5.41, 5.74) is 1.47. The number of nitrogens with zero attached hydrogens (tertiary/aromatic N) is 1. The van der Waals surface area contributed by atoms with Gasteiger partial charge in [0, 0.05) is 13.1 Å². The molecule has 1 aromatic rings. The van der Waals surface area contributed by atoms with Crippen LogP contribution in [0.25, 0.3) is 0 Å². The quantitative estimate of drug-likeness (QED) is 0.733. The largest absolute Gasteiger partial charge is 0.497 e. The van der Waals surface area contributed by atoms with Gasteiger partial charge in [0.05, 0.1) is 18.6 Å². The van der Waals surface area contributed by atoms with Gasteiger partial charge in [-0.2, -0.15) is 4.31 Å². The number of methoxy groups -OCH3 is 1. The zero-order chi connectivity index (χ0) is 16.3. The van der Waals surface area contributed by atoms with Gasteiger partial charge in [-0.3, -0.25) is 4.79 Å². The van der Waals surface area contributed by atoms with E-state index in [0.717, 1.165) is 5.56 Å². The second-order valence-electron chi connectivity index (χ2n) is 5.34. The topological polar surface area (TPSA) is 72.9 Å². The predicted octanol–water partition coefficient (Wildman–Crippen LogP) is 1.16. The van der Waals surface area contributed by atoms with Crippen LogP contribution in [0, 0.1) is 6.92 Å². The molecule has 1 aromatic carbocycles. The van der Waals surface area contributed by atoms with Gasteiger partial charge in [0.1, 0.15) is 12.4 Å². The molecule has 0 aromatic heterocycles. The van der Waals surface area contributed by atoms with E-state index in [4.69, 9.17) is 9.47 Å². The Balaban J connectivity index is 2.18. The van der Waals surface area contributed by atoms with E-state index in [1.165, 1.54) is 11.2 Å². The number of ether oxygens (including phenoxy) is 2. The van der Waals surface area contributed by atoms with Gasteiger partial charge in [-0.05, 0) is 43.5 Å². The first-order chi connectivity index (χ1) is 10.4. The number of carbonyl (C=O) groups is 1. The van der Waals surface area contributed by atoms with Crippen molar-refractivity contribution in [3.05, 3.63) is 23.3 Å². The molecule has 0 N–H and O–H groups in total. The van der Waals surface area contributed by atoms with Crippen molar-refractivity contribution in [3.63, 3.8) is 0 Å². The molecule has 0 fully saturated rings. The molecule has 2 rings (SSSR count). The zero-order valence-corrected chi connectivity index (χ0v) is 13.9. The van der Waals surface area contributed by atoms with Crippen LogP contribution in [-0.2, 0) is 26.0 Å². The number of carbonyl (C=O) groups excluding carboxylic acids is 1. The standard InChI is InChI=1S/C15H21NO5S/c1-11-8-14(20-3)9-13-4-5-16(22(18,19)15(11)13)6-7-21-10-12(2)17/h8-9H,4-7,10H2,1-3H3. The van der Waals surface area contributed by atoms with Crippen molar-refractivity contribution >= 4 is 15.8 Å². The van der Waals surface area contributed by atoms with Crippen LogP contribution in [0.1, 0.15) is 18.1 Å². The average molecular weight is 327 g/mol. The molecule has 122 valence electrons. The molecule has 0 spiro atoms. The molecule has 0 saturated carbocycles. The molecule has 0 atom stereocenters. The van der Waals surface area contributed by atoms with Gasteiger partial charge in [0.25, 0.3) is 0 Å². The lowest BCUT2D eigenvalue weighted by atomic mass is 10.1. The summed E-state index contributed by atoms with van der Waals surface area (Å²) < 4.78 is 37.2. The Hall–Kier alpha value is -1.44. The second-order valence-corrected chi connectivity index (χ2v) is 7.22. The number of Topliss-reactive ketones (excluding diaryl/α,β-unsaturated/α-hetero) is 1. The fourth-order valence-corrected chi connectivity index (χ4v) is 4.46. The number of benzene rings is 1. The van der Waals surface area contributed by atoms with Crippen LogP contribution in [0.3, 0.4) is 0 Å². The Morgan fingerprint density at radius 1 is 1.36 bits per heavy atom. The van der Waals surface area contributed by atoms with Crippen LogP contribution in [0.4, 0.5) is 0 Å². The maximum absolute atomic E-state index is 12.7. The summed E-state index contributed by atoms with van der Waals surface area (Å²) in [6.45, 7) is 4.09. The molecule has 22 heavy (non-hydrogen) atoms. The lowest BCUT2D eigenvalue weighted by molar-refractivity contribution is -0.121. The van der Waals surface area contributed by atoms with E-state index in [1.807, 2.05) is 0 Å². The van der Waals surface area contributed by atoms with Gasteiger partial charge < -0.3 is 9.47 Å². The molecular formula is C15H21NO5S. The lowest BCUT2D eigenvalue weighted by Crippen LogP contribution is -2.40. The summed E-state index contributed by atoms with van der Waals surface area (Å²) in [6, 6.07) is 3.51. The monoisotopic (exact) mass is 327 g/mol. The summed E-state index contributed by atoms with van der Waals surface area (Å²) in [5.74, 6) is 0.597. The van der Waals surface area contributed by atoms with E-state index < -0.39 is 10.0 Å². The van der Waals surface area contributed by atoms with Crippen molar-refractivity contribution in [1.29, 1.82) is 0 Å². The Morgan fingerprint density at radius 3 is 2.73 bits per heavy atom. The third-order valence-electron chi connectivity index (χ3n) is 3.58. The van der Waals surface area contributed by atoms with E-state index >= 15 is 0 Å². The van der Waals surface area contributed by atoms with Crippen LogP contribution in [0.2, 0.25) is 0 Å². The fraction of sp³-hybridized carbons (Fsp3) is 0.533. The zero-order valence-electron chi connectivity index (χ0n) is 13.1. The van der Waals surface area contributed by atoms with E-state index in [-0.39, 0.29) is 25.5 Å². The minimum absolute atomic E-state index is 0.0146. The van der Waals surface area contributed by atoms with Crippen molar-refractivity contribution in [1.82, 2.24) is 4.31 Å². The molecule has 0 amide bonds. The van der Waals surface area contributed by atoms with Gasteiger partial charge in [-0.15, -0.1) is 0 Å². The smallest absolute Gasteiger partial charge is 0.243 e. The van der Waals surface area contributed by atoms with Crippen LogP contribution in [0.5, 0.6) is 5.75 Å². The SMILES string of the molecule is COc1cc(C)c2c(c1)CCN(CCOCC(C)=O)S2(=O)=O. The van der Waals surface area contributed by atoms with Crippen molar-refractivity contribution < 1.29 is 22.7 Å². The van der Waals surface area contributed by atoms with Crippen LogP contribution in [-0.4, -0.2) is 51.9 Å². The highest BCUT2D eigenvalue weighted by molar-refractivity contribution is 7.89. The Labute approximate surface area is 131 Å². The van der Waals surface area contributed by atoms with Crippen LogP contribution >= 0.6 is 0 Å². The highest BCUT2D eigenvalue weighted by Crippen LogP contribution is 2.32. The van der Waals surface area contributed by atoms with Gasteiger partial charge in [0.15, 0.2) is 5.78 Å². The van der Waals surface area contributed by atoms with Gasteiger partial charge in [-0.25, -0.2) is 8.42 Å². The minimum atomic E-state index is -3.53. The number of sulfonamides is 1. The summed E-state index contributed by atoms with van der Waals surface area (Å²) in [5, 5.41) is 0. The normalized spacial score (nSPS) is 17.0. The third-order valence-corrected chi connectivity index (χ3v) is 5.72. The van der Waals surface area contributed by atoms with E-state index in [9.17, 15) is 13.2 Å². The summed E-state index contributed by atoms with van der Waals surface area (Å²) in [7, 11) is -1.96. The molecular weight excluding hydrogens is 306 g/mol. The Bertz CT molecular complexity index is 669. The summed E-state index contributed by atoms with van der Waals surface area (Å²) >= 11 is 0. The van der Waals surface area contributed by atoms with Crippen LogP contribution < -0.4 is 4.74 Å². The van der Waals surface area contributed by atoms with Crippen molar-refractivity contribution in [2.45, 2.75) is 25.2 Å². The number of rotatable bonds is 6. The number of hydrogen-bond donors (Lipinski definition) is 0. The Morgan fingerprint density at radius 2 is 2.09 bits per heavy atom. The van der Waals surface area contributed by atoms with E-state index in [1.54, 1.807) is 26.2 Å². The van der Waals surface area contributed by atoms with Crippen molar-refractivity contribution in [3.8, 4) is 5.75 Å². The van der Waals surface area contributed by atoms with Gasteiger partial charge in [0.2, 0.25) is 10.0 Å². The maximum atomic E-state index is 12.7. The molecule has 6 nitrogen and oxygen atoms in total. The average Bonchev–Trinajstić information content (AvgIpc) is 2.44. The number of fused-ring (bicyclic) bond motifs is 1. The number of hydrogen-bond acceptors (Lipinski definition) is 5. The molecule has 0 bridgehead atoms. The molecule has 1 heterocycles. The highest BCUT2D eigenvalue weighted by Gasteiger charge is 2.33. The first-order valence-electron chi connectivity index (χ1n) is 7.11. The molecule has 0 radical (unpaired) electrons. The van der Waals surface area contributed by atoms with Gasteiger partial charge >= 0.3 is 0 Å². The van der Waals surface area contributed by atoms with Crippen LogP contribution in [0.15, 0.2) is 17.0 Å².